The van der Waals surface area contributed by atoms with Gasteiger partial charge in [-0.3, -0.25) is 9.78 Å². The predicted molar refractivity (Wildman–Crippen MR) is 116 cm³/mol. The van der Waals surface area contributed by atoms with Gasteiger partial charge in [0.15, 0.2) is 5.16 Å². The summed E-state index contributed by atoms with van der Waals surface area (Å²) in [6.07, 6.45) is 13.1. The molecule has 1 N–H and O–H groups in total. The van der Waals surface area contributed by atoms with Gasteiger partial charge in [0.05, 0.1) is 0 Å². The van der Waals surface area contributed by atoms with Crippen LogP contribution < -0.4 is 5.56 Å². The lowest BCUT2D eigenvalue weighted by atomic mass is 10.1. The number of thioether (sulfide) groups is 1. The Hall–Kier alpha value is -2.40. The molecule has 3 aromatic rings. The van der Waals surface area contributed by atoms with E-state index in [1.807, 2.05) is 12.1 Å². The van der Waals surface area contributed by atoms with E-state index >= 15 is 0 Å². The number of unbranched alkanes of at least 4 members (excludes halogenated alkanes) is 4. The van der Waals surface area contributed by atoms with Crippen LogP contribution in [-0.4, -0.2) is 20.7 Å². The SMILES string of the molecule is O=c1[nH]c(SCCCCCCCc2ccccc2)ncc1Cc1cccnc1. The van der Waals surface area contributed by atoms with E-state index in [0.29, 0.717) is 17.1 Å². The zero-order chi connectivity index (χ0) is 19.4. The van der Waals surface area contributed by atoms with Crippen LogP contribution in [0.25, 0.3) is 0 Å². The molecule has 4 nitrogen and oxygen atoms in total. The highest BCUT2D eigenvalue weighted by Gasteiger charge is 2.05. The summed E-state index contributed by atoms with van der Waals surface area (Å²) >= 11 is 1.63. The topological polar surface area (TPSA) is 58.6 Å². The number of nitrogens with zero attached hydrogens (tertiary/aromatic N) is 2. The van der Waals surface area contributed by atoms with E-state index in [1.54, 1.807) is 30.4 Å². The first-order valence-corrected chi connectivity index (χ1v) is 10.9. The van der Waals surface area contributed by atoms with Crippen molar-refractivity contribution in [2.24, 2.45) is 0 Å². The van der Waals surface area contributed by atoms with E-state index in [0.717, 1.165) is 17.7 Å². The lowest BCUT2D eigenvalue weighted by Crippen LogP contribution is -2.14. The quantitative estimate of drug-likeness (QED) is 0.282. The highest BCUT2D eigenvalue weighted by Crippen LogP contribution is 2.15. The van der Waals surface area contributed by atoms with Gasteiger partial charge in [-0.25, -0.2) is 4.98 Å². The maximum atomic E-state index is 12.2. The second-order valence-corrected chi connectivity index (χ2v) is 8.02. The lowest BCUT2D eigenvalue weighted by Gasteiger charge is -2.04. The van der Waals surface area contributed by atoms with E-state index in [-0.39, 0.29) is 5.56 Å². The molecule has 0 fully saturated rings. The minimum Gasteiger partial charge on any atom is -0.301 e. The van der Waals surface area contributed by atoms with Gasteiger partial charge in [-0.15, -0.1) is 0 Å². The van der Waals surface area contributed by atoms with Gasteiger partial charge in [0, 0.05) is 36.3 Å². The Morgan fingerprint density at radius 2 is 1.64 bits per heavy atom. The van der Waals surface area contributed by atoms with Gasteiger partial charge in [0.2, 0.25) is 0 Å². The van der Waals surface area contributed by atoms with E-state index in [9.17, 15) is 4.79 Å². The Kier molecular flexibility index (Phi) is 8.31. The minimum absolute atomic E-state index is 0.0535. The van der Waals surface area contributed by atoms with Crippen LogP contribution in [0.2, 0.25) is 0 Å². The number of hydrogen-bond donors (Lipinski definition) is 1. The molecule has 2 heterocycles. The molecular formula is C23H27N3OS. The lowest BCUT2D eigenvalue weighted by molar-refractivity contribution is 0.634. The van der Waals surface area contributed by atoms with Crippen LogP contribution in [0.4, 0.5) is 0 Å². The van der Waals surface area contributed by atoms with Gasteiger partial charge >= 0.3 is 0 Å². The van der Waals surface area contributed by atoms with Crippen LogP contribution in [0.5, 0.6) is 0 Å². The summed E-state index contributed by atoms with van der Waals surface area (Å²) in [6, 6.07) is 14.5. The number of nitrogens with one attached hydrogen (secondary N) is 1. The van der Waals surface area contributed by atoms with Gasteiger partial charge in [0.1, 0.15) is 0 Å². The normalized spacial score (nSPS) is 10.9. The van der Waals surface area contributed by atoms with E-state index in [2.05, 4.69) is 45.3 Å². The van der Waals surface area contributed by atoms with E-state index in [4.69, 9.17) is 0 Å². The molecule has 28 heavy (non-hydrogen) atoms. The first-order valence-electron chi connectivity index (χ1n) is 9.95. The highest BCUT2D eigenvalue weighted by molar-refractivity contribution is 7.99. The van der Waals surface area contributed by atoms with Crippen molar-refractivity contribution < 1.29 is 0 Å². The van der Waals surface area contributed by atoms with Crippen molar-refractivity contribution in [2.45, 2.75) is 50.1 Å². The first-order chi connectivity index (χ1) is 13.8. The van der Waals surface area contributed by atoms with Crippen molar-refractivity contribution >= 4 is 11.8 Å². The third kappa shape index (κ3) is 6.97. The summed E-state index contributed by atoms with van der Waals surface area (Å²) in [5.41, 5.74) is 3.07. The summed E-state index contributed by atoms with van der Waals surface area (Å²) in [5.74, 6) is 0.990. The maximum Gasteiger partial charge on any atom is 0.255 e. The number of aromatic amines is 1. The van der Waals surface area contributed by atoms with Crippen LogP contribution in [-0.2, 0) is 12.8 Å². The molecule has 0 aliphatic carbocycles. The van der Waals surface area contributed by atoms with Crippen LogP contribution >= 0.6 is 11.8 Å². The van der Waals surface area contributed by atoms with E-state index in [1.165, 1.54) is 37.7 Å². The number of pyridine rings is 1. The van der Waals surface area contributed by atoms with Crippen molar-refractivity contribution in [3.63, 3.8) is 0 Å². The molecule has 0 unspecified atom stereocenters. The Morgan fingerprint density at radius 1 is 0.857 bits per heavy atom. The molecule has 0 bridgehead atoms. The molecule has 0 saturated heterocycles. The third-order valence-electron chi connectivity index (χ3n) is 4.66. The average Bonchev–Trinajstić information content (AvgIpc) is 2.73. The van der Waals surface area contributed by atoms with Crippen molar-refractivity contribution in [1.29, 1.82) is 0 Å². The third-order valence-corrected chi connectivity index (χ3v) is 5.63. The first kappa shape index (κ1) is 20.3. The summed E-state index contributed by atoms with van der Waals surface area (Å²) in [4.78, 5) is 23.6. The molecular weight excluding hydrogens is 366 g/mol. The van der Waals surface area contributed by atoms with Crippen LogP contribution in [0, 0.1) is 0 Å². The van der Waals surface area contributed by atoms with Crippen molar-refractivity contribution in [1.82, 2.24) is 15.0 Å². The van der Waals surface area contributed by atoms with Gasteiger partial charge in [0.25, 0.3) is 5.56 Å². The summed E-state index contributed by atoms with van der Waals surface area (Å²) < 4.78 is 0. The highest BCUT2D eigenvalue weighted by atomic mass is 32.2. The van der Waals surface area contributed by atoms with E-state index < -0.39 is 0 Å². The van der Waals surface area contributed by atoms with Gasteiger partial charge in [-0.1, -0.05) is 67.4 Å². The summed E-state index contributed by atoms with van der Waals surface area (Å²) in [7, 11) is 0. The fourth-order valence-electron chi connectivity index (χ4n) is 3.10. The largest absolute Gasteiger partial charge is 0.301 e. The number of hydrogen-bond acceptors (Lipinski definition) is 4. The molecule has 2 aromatic heterocycles. The van der Waals surface area contributed by atoms with Gasteiger partial charge < -0.3 is 4.98 Å². The Morgan fingerprint density at radius 3 is 2.43 bits per heavy atom. The maximum absolute atomic E-state index is 12.2. The fraction of sp³-hybridized carbons (Fsp3) is 0.348. The van der Waals surface area contributed by atoms with Crippen molar-refractivity contribution in [2.75, 3.05) is 5.75 Å². The minimum atomic E-state index is -0.0535. The molecule has 3 rings (SSSR count). The molecule has 0 aliphatic rings. The Balaban J connectivity index is 1.30. The van der Waals surface area contributed by atoms with Crippen LogP contribution in [0.3, 0.4) is 0 Å². The molecule has 146 valence electrons. The van der Waals surface area contributed by atoms with Crippen LogP contribution in [0.15, 0.2) is 71.0 Å². The summed E-state index contributed by atoms with van der Waals surface area (Å²) in [6.45, 7) is 0. The zero-order valence-electron chi connectivity index (χ0n) is 16.1. The molecule has 5 heteroatoms. The molecule has 0 spiro atoms. The number of H-pyrrole nitrogens is 1. The number of rotatable bonds is 11. The monoisotopic (exact) mass is 393 g/mol. The molecule has 0 atom stereocenters. The van der Waals surface area contributed by atoms with Crippen molar-refractivity contribution in [3.8, 4) is 0 Å². The number of benzene rings is 1. The standard InChI is InChI=1S/C23H27N3OS/c27-22-21(16-20-13-9-14-24-17-20)18-25-23(26-22)28-15-8-3-1-2-5-10-19-11-6-4-7-12-19/h4,6-7,9,11-14,17-18H,1-3,5,8,10,15-16H2,(H,25,26,27). The summed E-state index contributed by atoms with van der Waals surface area (Å²) in [5, 5.41) is 0.712. The average molecular weight is 394 g/mol. The van der Waals surface area contributed by atoms with Crippen LogP contribution in [0.1, 0.15) is 48.8 Å². The number of aryl methyl sites for hydroxylation is 1. The number of aromatic nitrogens is 3. The Bertz CT molecular complexity index is 881. The van der Waals surface area contributed by atoms with Gasteiger partial charge in [-0.2, -0.15) is 0 Å². The molecule has 1 aromatic carbocycles. The predicted octanol–water partition coefficient (Wildman–Crippen LogP) is 5.04. The molecule has 0 radical (unpaired) electrons. The molecule has 0 aliphatic heterocycles. The zero-order valence-corrected chi connectivity index (χ0v) is 17.0. The second kappa shape index (κ2) is 11.4. The molecule has 0 amide bonds. The molecule has 0 saturated carbocycles. The second-order valence-electron chi connectivity index (χ2n) is 6.93. The smallest absolute Gasteiger partial charge is 0.255 e. The van der Waals surface area contributed by atoms with Crippen molar-refractivity contribution in [3.05, 3.63) is 88.1 Å². The van der Waals surface area contributed by atoms with Gasteiger partial charge in [-0.05, 0) is 36.5 Å². The Labute approximate surface area is 170 Å². The fourth-order valence-corrected chi connectivity index (χ4v) is 3.94.